The number of rotatable bonds is 8. The lowest BCUT2D eigenvalue weighted by molar-refractivity contribution is 1.12. The summed E-state index contributed by atoms with van der Waals surface area (Å²) < 4.78 is 2.54. The molecule has 0 bridgehead atoms. The molecule has 0 saturated carbocycles. The Morgan fingerprint density at radius 3 is 1.27 bits per heavy atom. The van der Waals surface area contributed by atoms with Crippen molar-refractivity contribution in [2.45, 2.75) is 19.6 Å². The van der Waals surface area contributed by atoms with Crippen molar-refractivity contribution in [3.8, 4) is 72.6 Å². The summed E-state index contributed by atoms with van der Waals surface area (Å²) in [4.78, 5) is 5.44. The summed E-state index contributed by atoms with van der Waals surface area (Å²) in [5, 5.41) is 1.21. The van der Waals surface area contributed by atoms with Crippen LogP contribution < -0.4 is 0 Å². The van der Waals surface area contributed by atoms with E-state index in [9.17, 15) is 0 Å². The standard InChI is InChI=1S/C62H43NS/c1-6-18-44(19-7-1)46-30-32-48(33-31-46)51-38-41-58-57(42-51)61(49-36-34-47(35-37-49)45-20-8-2-9-21-45)62(50-22-10-3-11-23-50)63(58)52-39-40-56-55-28-16-17-29-59(55)64(60(56)43-52,53-24-12-4-13-25-53)54-26-14-5-15-27-54/h1-43H. The molecule has 2 heterocycles. The van der Waals surface area contributed by atoms with E-state index < -0.39 is 10.0 Å². The van der Waals surface area contributed by atoms with Crippen molar-refractivity contribution in [1.29, 1.82) is 0 Å². The van der Waals surface area contributed by atoms with E-state index in [0.717, 1.165) is 5.69 Å². The van der Waals surface area contributed by atoms with Gasteiger partial charge in [0.2, 0.25) is 0 Å². The first-order chi connectivity index (χ1) is 31.8. The van der Waals surface area contributed by atoms with Crippen LogP contribution in [-0.2, 0) is 0 Å². The number of hydrogen-bond acceptors (Lipinski definition) is 0. The minimum Gasteiger partial charge on any atom is -0.309 e. The second-order valence-electron chi connectivity index (χ2n) is 16.5. The van der Waals surface area contributed by atoms with Gasteiger partial charge in [-0.15, -0.1) is 10.0 Å². The molecule has 12 rings (SSSR count). The van der Waals surface area contributed by atoms with Crippen LogP contribution in [0.5, 0.6) is 0 Å². The summed E-state index contributed by atoms with van der Waals surface area (Å²) in [7, 11) is -1.85. The molecule has 64 heavy (non-hydrogen) atoms. The Labute approximate surface area is 376 Å². The third-order valence-electron chi connectivity index (χ3n) is 12.9. The lowest BCUT2D eigenvalue weighted by Gasteiger charge is -2.39. The quantitative estimate of drug-likeness (QED) is 0.144. The van der Waals surface area contributed by atoms with Crippen LogP contribution in [0.3, 0.4) is 0 Å². The van der Waals surface area contributed by atoms with E-state index in [4.69, 9.17) is 0 Å². The van der Waals surface area contributed by atoms with Gasteiger partial charge in [0.05, 0.1) is 11.2 Å². The van der Waals surface area contributed by atoms with E-state index in [1.54, 1.807) is 0 Å². The largest absolute Gasteiger partial charge is 0.309 e. The summed E-state index contributed by atoms with van der Waals surface area (Å²) in [6.07, 6.45) is 0. The highest BCUT2D eigenvalue weighted by atomic mass is 32.3. The van der Waals surface area contributed by atoms with Crippen molar-refractivity contribution < 1.29 is 0 Å². The second-order valence-corrected chi connectivity index (χ2v) is 19.5. The molecular weight excluding hydrogens is 791 g/mol. The van der Waals surface area contributed by atoms with Crippen LogP contribution in [0.15, 0.2) is 280 Å². The first kappa shape index (κ1) is 37.8. The fourth-order valence-corrected chi connectivity index (χ4v) is 14.2. The molecule has 302 valence electrons. The van der Waals surface area contributed by atoms with E-state index >= 15 is 0 Å². The molecule has 2 heteroatoms. The molecule has 1 aromatic heterocycles. The van der Waals surface area contributed by atoms with Crippen molar-refractivity contribution in [2.24, 2.45) is 0 Å². The summed E-state index contributed by atoms with van der Waals surface area (Å²) in [6, 6.07) is 96.3. The van der Waals surface area contributed by atoms with Crippen molar-refractivity contribution in [3.05, 3.63) is 261 Å². The number of fused-ring (bicyclic) bond motifs is 4. The Morgan fingerprint density at radius 2 is 0.703 bits per heavy atom. The molecule has 0 N–H and O–H groups in total. The zero-order chi connectivity index (χ0) is 42.5. The van der Waals surface area contributed by atoms with Gasteiger partial charge in [-0.3, -0.25) is 0 Å². The van der Waals surface area contributed by atoms with Crippen molar-refractivity contribution in [3.63, 3.8) is 0 Å². The highest BCUT2D eigenvalue weighted by molar-refractivity contribution is 8.34. The number of nitrogens with zero attached hydrogens (tertiary/aromatic N) is 1. The highest BCUT2D eigenvalue weighted by Crippen LogP contribution is 2.80. The van der Waals surface area contributed by atoms with E-state index in [0.29, 0.717) is 0 Å². The van der Waals surface area contributed by atoms with Crippen molar-refractivity contribution in [1.82, 2.24) is 4.57 Å². The lowest BCUT2D eigenvalue weighted by Crippen LogP contribution is -2.03. The Bertz CT molecular complexity index is 3390. The molecule has 1 aliphatic heterocycles. The van der Waals surface area contributed by atoms with Crippen LogP contribution in [0.2, 0.25) is 0 Å². The van der Waals surface area contributed by atoms with Crippen LogP contribution >= 0.6 is 10.0 Å². The molecule has 0 fully saturated rings. The first-order valence-electron chi connectivity index (χ1n) is 22.0. The predicted molar refractivity (Wildman–Crippen MR) is 269 cm³/mol. The minimum absolute atomic E-state index is 1.14. The zero-order valence-electron chi connectivity index (χ0n) is 35.2. The average molecular weight is 834 g/mol. The Morgan fingerprint density at radius 1 is 0.281 bits per heavy atom. The fraction of sp³-hybridized carbons (Fsp3) is 0. The summed E-state index contributed by atoms with van der Waals surface area (Å²) in [5.41, 5.74) is 16.9. The Kier molecular flexibility index (Phi) is 9.32. The van der Waals surface area contributed by atoms with Gasteiger partial charge in [0.15, 0.2) is 0 Å². The zero-order valence-corrected chi connectivity index (χ0v) is 36.0. The van der Waals surface area contributed by atoms with Gasteiger partial charge in [0, 0.05) is 36.2 Å². The maximum absolute atomic E-state index is 2.54. The molecule has 10 aromatic carbocycles. The second kappa shape index (κ2) is 15.8. The van der Waals surface area contributed by atoms with Crippen LogP contribution in [0.4, 0.5) is 0 Å². The van der Waals surface area contributed by atoms with Crippen LogP contribution in [0.25, 0.3) is 83.5 Å². The van der Waals surface area contributed by atoms with E-state index in [1.807, 2.05) is 0 Å². The van der Waals surface area contributed by atoms with Gasteiger partial charge in [-0.1, -0.05) is 206 Å². The highest BCUT2D eigenvalue weighted by Gasteiger charge is 2.42. The van der Waals surface area contributed by atoms with Crippen LogP contribution in [-0.4, -0.2) is 4.57 Å². The normalized spacial score (nSPS) is 13.0. The van der Waals surface area contributed by atoms with E-state index in [2.05, 4.69) is 265 Å². The van der Waals surface area contributed by atoms with Crippen molar-refractivity contribution in [2.75, 3.05) is 0 Å². The topological polar surface area (TPSA) is 4.93 Å². The van der Waals surface area contributed by atoms with Gasteiger partial charge in [0.25, 0.3) is 0 Å². The van der Waals surface area contributed by atoms with Crippen LogP contribution in [0.1, 0.15) is 0 Å². The molecule has 0 unspecified atom stereocenters. The fourth-order valence-electron chi connectivity index (χ4n) is 9.94. The summed E-state index contributed by atoms with van der Waals surface area (Å²) in [6.45, 7) is 0. The van der Waals surface area contributed by atoms with Crippen molar-refractivity contribution >= 4 is 20.9 Å². The Balaban J connectivity index is 1.13. The maximum atomic E-state index is 2.54. The molecular formula is C62H43NS. The maximum Gasteiger partial charge on any atom is 0.0619 e. The molecule has 0 radical (unpaired) electrons. The number of aromatic nitrogens is 1. The third kappa shape index (κ3) is 6.18. The smallest absolute Gasteiger partial charge is 0.0619 e. The number of hydrogen-bond donors (Lipinski definition) is 0. The third-order valence-corrected chi connectivity index (χ3v) is 16.8. The van der Waals surface area contributed by atoms with Gasteiger partial charge < -0.3 is 4.57 Å². The molecule has 1 aliphatic rings. The molecule has 0 amide bonds. The molecule has 0 atom stereocenters. The Hall–Kier alpha value is -7.91. The van der Waals surface area contributed by atoms with E-state index in [-0.39, 0.29) is 0 Å². The lowest BCUT2D eigenvalue weighted by atomic mass is 9.94. The van der Waals surface area contributed by atoms with Gasteiger partial charge in [-0.05, 0) is 110 Å². The first-order valence-corrected chi connectivity index (χ1v) is 23.6. The minimum atomic E-state index is -1.85. The molecule has 0 aliphatic carbocycles. The predicted octanol–water partition coefficient (Wildman–Crippen LogP) is 17.3. The molecule has 11 aromatic rings. The molecule has 0 spiro atoms. The summed E-state index contributed by atoms with van der Waals surface area (Å²) >= 11 is 0. The van der Waals surface area contributed by atoms with Crippen LogP contribution in [0, 0.1) is 0 Å². The van der Waals surface area contributed by atoms with Gasteiger partial charge in [0.1, 0.15) is 0 Å². The molecule has 0 saturated heterocycles. The monoisotopic (exact) mass is 833 g/mol. The van der Waals surface area contributed by atoms with Gasteiger partial charge >= 0.3 is 0 Å². The molecule has 1 nitrogen and oxygen atoms in total. The average Bonchev–Trinajstić information content (AvgIpc) is 3.88. The SMILES string of the molecule is c1ccc(-c2ccc(-c3ccc4c(c3)c(-c3ccc(-c5ccccc5)cc3)c(-c3ccccc3)n4-c3ccc4c(c3)S(c3ccccc3)(c3ccccc3)c3ccccc3-4)cc2)cc1. The number of benzene rings is 10. The van der Waals surface area contributed by atoms with Gasteiger partial charge in [-0.2, -0.15) is 0 Å². The summed E-state index contributed by atoms with van der Waals surface area (Å²) in [5.74, 6) is 0. The van der Waals surface area contributed by atoms with Gasteiger partial charge in [-0.25, -0.2) is 0 Å². The van der Waals surface area contributed by atoms with E-state index in [1.165, 1.54) is 97.4 Å².